The van der Waals surface area contributed by atoms with Gasteiger partial charge in [-0.25, -0.2) is 4.98 Å². The average molecular weight is 244 g/mol. The largest absolute Gasteiger partial charge is 0.324 e. The summed E-state index contributed by atoms with van der Waals surface area (Å²) < 4.78 is 1.89. The second-order valence-corrected chi connectivity index (χ2v) is 4.72. The van der Waals surface area contributed by atoms with Crippen molar-refractivity contribution in [2.45, 2.75) is 39.8 Å². The molecule has 18 heavy (non-hydrogen) atoms. The number of aromatic nitrogens is 3. The number of aryl methyl sites for hydroxylation is 3. The van der Waals surface area contributed by atoms with Gasteiger partial charge in [0.2, 0.25) is 0 Å². The maximum atomic E-state index is 6.27. The summed E-state index contributed by atoms with van der Waals surface area (Å²) >= 11 is 0. The van der Waals surface area contributed by atoms with Crippen molar-refractivity contribution in [1.82, 2.24) is 14.8 Å². The summed E-state index contributed by atoms with van der Waals surface area (Å²) in [4.78, 5) is 4.27. The Kier molecular flexibility index (Phi) is 3.77. The Morgan fingerprint density at radius 2 is 1.89 bits per heavy atom. The Balaban J connectivity index is 2.19. The lowest BCUT2D eigenvalue weighted by molar-refractivity contribution is 0.581. The molecule has 1 atom stereocenters. The summed E-state index contributed by atoms with van der Waals surface area (Å²) in [7, 11) is 0. The van der Waals surface area contributed by atoms with Crippen molar-refractivity contribution in [3.05, 3.63) is 47.0 Å². The van der Waals surface area contributed by atoms with E-state index in [1.165, 1.54) is 11.1 Å². The fourth-order valence-corrected chi connectivity index (χ4v) is 2.25. The van der Waals surface area contributed by atoms with Crippen molar-refractivity contribution < 1.29 is 0 Å². The summed E-state index contributed by atoms with van der Waals surface area (Å²) in [5.74, 6) is 0.948. The number of benzene rings is 1. The Hall–Kier alpha value is -1.68. The molecule has 2 aromatic rings. The Morgan fingerprint density at radius 1 is 1.22 bits per heavy atom. The molecule has 0 fully saturated rings. The van der Waals surface area contributed by atoms with Crippen LogP contribution in [-0.4, -0.2) is 14.8 Å². The highest BCUT2D eigenvalue weighted by Crippen LogP contribution is 2.18. The molecule has 0 radical (unpaired) electrons. The fourth-order valence-electron chi connectivity index (χ4n) is 2.25. The van der Waals surface area contributed by atoms with E-state index in [1.807, 2.05) is 4.68 Å². The predicted octanol–water partition coefficient (Wildman–Crippen LogP) is 2.16. The smallest absolute Gasteiger partial charge is 0.138 e. The second kappa shape index (κ2) is 5.31. The van der Waals surface area contributed by atoms with Gasteiger partial charge in [0, 0.05) is 19.0 Å². The van der Waals surface area contributed by atoms with E-state index in [2.05, 4.69) is 49.1 Å². The highest BCUT2D eigenvalue weighted by atomic mass is 15.3. The van der Waals surface area contributed by atoms with Gasteiger partial charge in [0.25, 0.3) is 0 Å². The van der Waals surface area contributed by atoms with Crippen LogP contribution in [0.15, 0.2) is 24.5 Å². The number of rotatable bonds is 4. The van der Waals surface area contributed by atoms with E-state index in [0.717, 1.165) is 24.4 Å². The third-order valence-corrected chi connectivity index (χ3v) is 3.07. The molecule has 2 rings (SSSR count). The van der Waals surface area contributed by atoms with Crippen molar-refractivity contribution >= 4 is 0 Å². The number of nitrogens with two attached hydrogens (primary N) is 1. The molecular formula is C14H20N4. The molecule has 0 spiro atoms. The van der Waals surface area contributed by atoms with Crippen LogP contribution in [0.1, 0.15) is 35.5 Å². The van der Waals surface area contributed by atoms with Gasteiger partial charge in [-0.05, 0) is 26.3 Å². The molecule has 0 aliphatic heterocycles. The average Bonchev–Trinajstić information content (AvgIpc) is 2.75. The monoisotopic (exact) mass is 244 g/mol. The van der Waals surface area contributed by atoms with Crippen molar-refractivity contribution in [1.29, 1.82) is 0 Å². The molecule has 4 nitrogen and oxygen atoms in total. The summed E-state index contributed by atoms with van der Waals surface area (Å²) in [6.07, 6.45) is 2.31. The van der Waals surface area contributed by atoms with Gasteiger partial charge in [-0.1, -0.05) is 29.3 Å². The first-order chi connectivity index (χ1) is 8.60. The van der Waals surface area contributed by atoms with Crippen molar-refractivity contribution in [3.63, 3.8) is 0 Å². The molecule has 0 aliphatic carbocycles. The third-order valence-electron chi connectivity index (χ3n) is 3.07. The van der Waals surface area contributed by atoms with Crippen LogP contribution in [0, 0.1) is 13.8 Å². The Morgan fingerprint density at radius 3 is 2.50 bits per heavy atom. The summed E-state index contributed by atoms with van der Waals surface area (Å²) in [6, 6.07) is 6.41. The molecule has 0 aliphatic rings. The topological polar surface area (TPSA) is 56.7 Å². The Labute approximate surface area is 108 Å². The van der Waals surface area contributed by atoms with Gasteiger partial charge in [-0.2, -0.15) is 5.10 Å². The van der Waals surface area contributed by atoms with E-state index in [9.17, 15) is 0 Å². The quantitative estimate of drug-likeness (QED) is 0.896. The molecule has 1 heterocycles. The molecular weight excluding hydrogens is 224 g/mol. The van der Waals surface area contributed by atoms with Crippen LogP contribution < -0.4 is 5.73 Å². The SMILES string of the molecule is CCn1ncnc1CC(N)c1cc(C)cc(C)c1. The van der Waals surface area contributed by atoms with Crippen LogP contribution in [-0.2, 0) is 13.0 Å². The highest BCUT2D eigenvalue weighted by Gasteiger charge is 2.12. The number of hydrogen-bond donors (Lipinski definition) is 1. The van der Waals surface area contributed by atoms with Crippen LogP contribution >= 0.6 is 0 Å². The lowest BCUT2D eigenvalue weighted by Crippen LogP contribution is -2.17. The molecule has 0 amide bonds. The van der Waals surface area contributed by atoms with E-state index in [0.29, 0.717) is 0 Å². The lowest BCUT2D eigenvalue weighted by atomic mass is 9.99. The summed E-state index contributed by atoms with van der Waals surface area (Å²) in [6.45, 7) is 7.07. The maximum absolute atomic E-state index is 6.27. The maximum Gasteiger partial charge on any atom is 0.138 e. The predicted molar refractivity (Wildman–Crippen MR) is 72.2 cm³/mol. The zero-order valence-electron chi connectivity index (χ0n) is 11.2. The zero-order chi connectivity index (χ0) is 13.1. The van der Waals surface area contributed by atoms with Crippen LogP contribution in [0.4, 0.5) is 0 Å². The number of nitrogens with zero attached hydrogens (tertiary/aromatic N) is 3. The van der Waals surface area contributed by atoms with E-state index < -0.39 is 0 Å². The normalized spacial score (nSPS) is 12.7. The molecule has 4 heteroatoms. The van der Waals surface area contributed by atoms with Gasteiger partial charge in [0.05, 0.1) is 0 Å². The first-order valence-electron chi connectivity index (χ1n) is 6.30. The second-order valence-electron chi connectivity index (χ2n) is 4.72. The van der Waals surface area contributed by atoms with Gasteiger partial charge < -0.3 is 5.73 Å². The highest BCUT2D eigenvalue weighted by molar-refractivity contribution is 5.30. The van der Waals surface area contributed by atoms with Gasteiger partial charge in [-0.15, -0.1) is 0 Å². The minimum Gasteiger partial charge on any atom is -0.324 e. The van der Waals surface area contributed by atoms with Crippen LogP contribution in [0.5, 0.6) is 0 Å². The number of hydrogen-bond acceptors (Lipinski definition) is 3. The molecule has 1 aromatic heterocycles. The van der Waals surface area contributed by atoms with Gasteiger partial charge in [0.15, 0.2) is 0 Å². The molecule has 1 unspecified atom stereocenters. The van der Waals surface area contributed by atoms with Crippen LogP contribution in [0.2, 0.25) is 0 Å². The van der Waals surface area contributed by atoms with Gasteiger partial charge in [0.1, 0.15) is 12.2 Å². The summed E-state index contributed by atoms with van der Waals surface area (Å²) in [5.41, 5.74) is 9.93. The van der Waals surface area contributed by atoms with Crippen molar-refractivity contribution in [2.24, 2.45) is 5.73 Å². The van der Waals surface area contributed by atoms with Crippen LogP contribution in [0.3, 0.4) is 0 Å². The standard InChI is InChI=1S/C14H20N4/c1-4-18-14(16-9-17-18)8-13(15)12-6-10(2)5-11(3)7-12/h5-7,9,13H,4,8,15H2,1-3H3. The minimum absolute atomic E-state index is 0.0295. The zero-order valence-corrected chi connectivity index (χ0v) is 11.2. The first kappa shape index (κ1) is 12.8. The lowest BCUT2D eigenvalue weighted by Gasteiger charge is -2.13. The summed E-state index contributed by atoms with van der Waals surface area (Å²) in [5, 5.41) is 4.17. The third kappa shape index (κ3) is 2.76. The molecule has 96 valence electrons. The van der Waals surface area contributed by atoms with E-state index in [1.54, 1.807) is 6.33 Å². The van der Waals surface area contributed by atoms with Crippen LogP contribution in [0.25, 0.3) is 0 Å². The molecule has 1 aromatic carbocycles. The van der Waals surface area contributed by atoms with Gasteiger partial charge >= 0.3 is 0 Å². The molecule has 0 bridgehead atoms. The van der Waals surface area contributed by atoms with E-state index in [-0.39, 0.29) is 6.04 Å². The minimum atomic E-state index is -0.0295. The molecule has 2 N–H and O–H groups in total. The van der Waals surface area contributed by atoms with Crippen molar-refractivity contribution in [2.75, 3.05) is 0 Å². The Bertz CT molecular complexity index is 510. The van der Waals surface area contributed by atoms with Crippen molar-refractivity contribution in [3.8, 4) is 0 Å². The fraction of sp³-hybridized carbons (Fsp3) is 0.429. The molecule has 0 saturated carbocycles. The molecule has 0 saturated heterocycles. The van der Waals surface area contributed by atoms with E-state index in [4.69, 9.17) is 5.73 Å². The van der Waals surface area contributed by atoms with E-state index >= 15 is 0 Å². The first-order valence-corrected chi connectivity index (χ1v) is 6.30. The van der Waals surface area contributed by atoms with Gasteiger partial charge in [-0.3, -0.25) is 4.68 Å².